The van der Waals surface area contributed by atoms with E-state index in [0.717, 1.165) is 26.8 Å². The SMILES string of the molecule is [2H]c1c([2H])c([2H])c2c(c1[2H])-c1c(c([2H])c3c4c([2H])c([2H])c([2H])c([2H])c4n(-c4nc(-c5ccccc5)nc(-c5ccc(-c6ccc(-c7ccccc7)cc6)cc5)n4)c3c1[2H])C2(C([2H])([2H])[2H])C([2H])([2H])[2H]. The Morgan fingerprint density at radius 1 is 0.481 bits per heavy atom. The number of nitrogens with zero attached hydrogens (tertiary/aromatic N) is 4. The van der Waals surface area contributed by atoms with Gasteiger partial charge in [-0.1, -0.05) is 165 Å². The zero-order chi connectivity index (χ0) is 48.5. The standard InChI is InChI=1S/C48H34N4/c1-48(2)41-19-11-9-17-37(41)39-30-44-40(29-42(39)48)38-18-10-12-20-43(38)52(44)47-50-45(35-15-7-4-8-16-35)49-46(51-47)36-27-25-34(26-28-36)33-23-21-32(22-24-33)31-13-5-3-6-14-31/h3-30H,1-2H3/i1D3,2D3,9D,10D,11D,12D,17D,18D,19D,20D,29D,30D. The molecule has 0 radical (unpaired) electrons. The van der Waals surface area contributed by atoms with Crippen molar-refractivity contribution in [3.8, 4) is 62.1 Å². The molecule has 0 unspecified atom stereocenters. The van der Waals surface area contributed by atoms with Crippen molar-refractivity contribution in [2.75, 3.05) is 0 Å². The summed E-state index contributed by atoms with van der Waals surface area (Å²) < 4.78 is 145. The molecule has 9 aromatic rings. The second kappa shape index (κ2) is 11.7. The Hall–Kier alpha value is -6.65. The number of rotatable bonds is 5. The molecule has 0 bridgehead atoms. The minimum Gasteiger partial charge on any atom is -0.278 e. The highest BCUT2D eigenvalue weighted by molar-refractivity contribution is 6.11. The van der Waals surface area contributed by atoms with Gasteiger partial charge >= 0.3 is 0 Å². The minimum absolute atomic E-state index is 0.0951. The van der Waals surface area contributed by atoms with Crippen LogP contribution in [0, 0.1) is 0 Å². The van der Waals surface area contributed by atoms with Gasteiger partial charge < -0.3 is 0 Å². The Labute approximate surface area is 325 Å². The maximum atomic E-state index is 9.99. The van der Waals surface area contributed by atoms with Gasteiger partial charge in [0, 0.05) is 35.5 Å². The molecule has 52 heavy (non-hydrogen) atoms. The van der Waals surface area contributed by atoms with E-state index in [0.29, 0.717) is 11.1 Å². The van der Waals surface area contributed by atoms with E-state index in [1.54, 1.807) is 42.5 Å². The topological polar surface area (TPSA) is 43.6 Å². The van der Waals surface area contributed by atoms with Crippen LogP contribution in [0.2, 0.25) is 0 Å². The average molecular weight is 683 g/mol. The normalized spacial score (nSPS) is 17.8. The summed E-state index contributed by atoms with van der Waals surface area (Å²) in [6.45, 7) is -7.28. The third-order valence-corrected chi connectivity index (χ3v) is 9.36. The van der Waals surface area contributed by atoms with Crippen LogP contribution in [0.4, 0.5) is 0 Å². The van der Waals surface area contributed by atoms with Crippen LogP contribution >= 0.6 is 0 Å². The molecule has 4 heteroatoms. The van der Waals surface area contributed by atoms with Gasteiger partial charge in [0.05, 0.1) is 24.7 Å². The maximum absolute atomic E-state index is 9.99. The van der Waals surface area contributed by atoms with Gasteiger partial charge in [-0.2, -0.15) is 9.97 Å². The summed E-state index contributed by atoms with van der Waals surface area (Å²) in [7, 11) is 0. The summed E-state index contributed by atoms with van der Waals surface area (Å²) in [5.41, 5.74) is -1.91. The van der Waals surface area contributed by atoms with Gasteiger partial charge in [-0.05, 0) is 62.6 Å². The highest BCUT2D eigenvalue weighted by atomic mass is 15.2. The first-order valence-corrected chi connectivity index (χ1v) is 16.5. The van der Waals surface area contributed by atoms with E-state index in [2.05, 4.69) is 0 Å². The van der Waals surface area contributed by atoms with E-state index >= 15 is 0 Å². The first-order valence-electron chi connectivity index (χ1n) is 24.5. The molecule has 0 amide bonds. The fraction of sp³-hybridized carbons (Fsp3) is 0.0625. The van der Waals surface area contributed by atoms with Crippen LogP contribution in [0.15, 0.2) is 170 Å². The smallest absolute Gasteiger partial charge is 0.238 e. The number of benzene rings is 7. The Morgan fingerprint density at radius 2 is 1.02 bits per heavy atom. The van der Waals surface area contributed by atoms with Gasteiger partial charge in [-0.25, -0.2) is 4.98 Å². The molecular formula is C48H34N4. The summed E-state index contributed by atoms with van der Waals surface area (Å²) in [4.78, 5) is 14.5. The molecule has 1 aliphatic rings. The summed E-state index contributed by atoms with van der Waals surface area (Å²) in [6.07, 6.45) is 0. The lowest BCUT2D eigenvalue weighted by molar-refractivity contribution is 0.661. The van der Waals surface area contributed by atoms with E-state index in [9.17, 15) is 5.48 Å². The van der Waals surface area contributed by atoms with Crippen molar-refractivity contribution in [1.29, 1.82) is 0 Å². The molecule has 0 saturated heterocycles. The number of fused-ring (bicyclic) bond motifs is 6. The monoisotopic (exact) mass is 682 g/mol. The van der Waals surface area contributed by atoms with Crippen molar-refractivity contribution in [2.24, 2.45) is 0 Å². The van der Waals surface area contributed by atoms with Crippen LogP contribution in [-0.2, 0) is 5.41 Å². The fourth-order valence-corrected chi connectivity index (χ4v) is 6.79. The molecule has 0 fully saturated rings. The lowest BCUT2D eigenvalue weighted by Crippen LogP contribution is -2.14. The molecule has 2 heterocycles. The molecule has 0 spiro atoms. The van der Waals surface area contributed by atoms with Crippen molar-refractivity contribution in [3.05, 3.63) is 181 Å². The Bertz CT molecular complexity index is 3560. The average Bonchev–Trinajstić information content (AvgIpc) is 3.88. The highest BCUT2D eigenvalue weighted by Gasteiger charge is 2.36. The molecule has 0 atom stereocenters. The fourth-order valence-electron chi connectivity index (χ4n) is 6.79. The first kappa shape index (κ1) is 18.0. The Morgan fingerprint density at radius 3 is 1.67 bits per heavy atom. The highest BCUT2D eigenvalue weighted by Crippen LogP contribution is 2.50. The van der Waals surface area contributed by atoms with E-state index < -0.39 is 107 Å². The second-order valence-corrected chi connectivity index (χ2v) is 12.5. The van der Waals surface area contributed by atoms with E-state index in [1.165, 1.54) is 0 Å². The van der Waals surface area contributed by atoms with Gasteiger partial charge in [0.1, 0.15) is 0 Å². The van der Waals surface area contributed by atoms with E-state index in [1.807, 2.05) is 66.7 Å². The van der Waals surface area contributed by atoms with Crippen molar-refractivity contribution in [2.45, 2.75) is 19.1 Å². The summed E-state index contributed by atoms with van der Waals surface area (Å²) in [5.74, 6) is -0.0970. The van der Waals surface area contributed by atoms with Crippen molar-refractivity contribution in [3.63, 3.8) is 0 Å². The van der Waals surface area contributed by atoms with E-state index in [4.69, 9.17) is 31.4 Å². The van der Waals surface area contributed by atoms with Gasteiger partial charge in [0.15, 0.2) is 11.6 Å². The second-order valence-electron chi connectivity index (χ2n) is 12.5. The van der Waals surface area contributed by atoms with Crippen LogP contribution in [-0.4, -0.2) is 19.5 Å². The van der Waals surface area contributed by atoms with Crippen molar-refractivity contribution < 1.29 is 21.9 Å². The third kappa shape index (κ3) is 4.79. The molecule has 0 aliphatic heterocycles. The minimum atomic E-state index is -3.64. The quantitative estimate of drug-likeness (QED) is 0.181. The zero-order valence-electron chi connectivity index (χ0n) is 43.2. The number of hydrogen-bond acceptors (Lipinski definition) is 3. The predicted octanol–water partition coefficient (Wildman–Crippen LogP) is 11.9. The molecule has 0 saturated carbocycles. The number of para-hydroxylation sites is 1. The molecule has 7 aromatic carbocycles. The Kier molecular flexibility index (Phi) is 4.06. The van der Waals surface area contributed by atoms with Gasteiger partial charge in [0.25, 0.3) is 0 Å². The molecule has 10 rings (SSSR count). The van der Waals surface area contributed by atoms with Crippen LogP contribution in [0.1, 0.15) is 46.8 Å². The third-order valence-electron chi connectivity index (χ3n) is 9.36. The lowest BCUT2D eigenvalue weighted by atomic mass is 9.82. The molecular weight excluding hydrogens is 633 g/mol. The Balaban J connectivity index is 1.30. The number of aromatic nitrogens is 4. The van der Waals surface area contributed by atoms with Crippen LogP contribution in [0.3, 0.4) is 0 Å². The largest absolute Gasteiger partial charge is 0.278 e. The summed E-state index contributed by atoms with van der Waals surface area (Å²) in [6, 6.07) is 26.2. The molecule has 2 aromatic heterocycles. The van der Waals surface area contributed by atoms with Crippen molar-refractivity contribution in [1.82, 2.24) is 19.5 Å². The summed E-state index contributed by atoms with van der Waals surface area (Å²) in [5, 5.41) is -0.818. The first-order chi connectivity index (χ1) is 32.2. The van der Waals surface area contributed by atoms with Gasteiger partial charge in [-0.3, -0.25) is 4.57 Å². The molecule has 1 aliphatic carbocycles. The van der Waals surface area contributed by atoms with Gasteiger partial charge in [0.2, 0.25) is 5.95 Å². The maximum Gasteiger partial charge on any atom is 0.238 e. The predicted molar refractivity (Wildman–Crippen MR) is 213 cm³/mol. The van der Waals surface area contributed by atoms with Crippen LogP contribution < -0.4 is 0 Å². The van der Waals surface area contributed by atoms with Crippen LogP contribution in [0.25, 0.3) is 83.9 Å². The lowest BCUT2D eigenvalue weighted by Gasteiger charge is -2.21. The van der Waals surface area contributed by atoms with Gasteiger partial charge in [-0.15, -0.1) is 0 Å². The van der Waals surface area contributed by atoms with Crippen molar-refractivity contribution >= 4 is 21.8 Å². The zero-order valence-corrected chi connectivity index (χ0v) is 27.2. The molecule has 4 nitrogen and oxygen atoms in total. The van der Waals surface area contributed by atoms with Crippen LogP contribution in [0.5, 0.6) is 0 Å². The number of hydrogen-bond donors (Lipinski definition) is 0. The summed E-state index contributed by atoms with van der Waals surface area (Å²) >= 11 is 0. The molecule has 246 valence electrons. The molecule has 0 N–H and O–H groups in total. The van der Waals surface area contributed by atoms with E-state index in [-0.39, 0.29) is 34.0 Å².